The maximum atomic E-state index is 12.1. The Labute approximate surface area is 124 Å². The van der Waals surface area contributed by atoms with Crippen LogP contribution in [0.4, 0.5) is 0 Å². The van der Waals surface area contributed by atoms with Crippen molar-refractivity contribution in [3.8, 4) is 0 Å². The number of nitrogens with one attached hydrogen (secondary N) is 1. The van der Waals surface area contributed by atoms with E-state index in [2.05, 4.69) is 4.98 Å². The number of aromatic nitrogens is 1. The first kappa shape index (κ1) is 14.1. The Kier molecular flexibility index (Phi) is 4.25. The van der Waals surface area contributed by atoms with Crippen LogP contribution in [0.2, 0.25) is 0 Å². The maximum absolute atomic E-state index is 12.1. The van der Waals surface area contributed by atoms with Gasteiger partial charge in [-0.25, -0.2) is 0 Å². The van der Waals surface area contributed by atoms with E-state index in [4.69, 9.17) is 10.5 Å². The molecule has 0 amide bonds. The second-order valence-corrected chi connectivity index (χ2v) is 5.87. The number of aromatic amines is 1. The van der Waals surface area contributed by atoms with Crippen molar-refractivity contribution in [3.63, 3.8) is 0 Å². The maximum Gasteiger partial charge on any atom is 0.323 e. The average molecular weight is 286 g/mol. The number of fused-ring (bicyclic) bond motifs is 1. The van der Waals surface area contributed by atoms with Crippen molar-refractivity contribution in [2.75, 3.05) is 0 Å². The Bertz CT molecular complexity index is 614. The van der Waals surface area contributed by atoms with E-state index in [0.29, 0.717) is 6.42 Å². The minimum absolute atomic E-state index is 0.0697. The normalized spacial score (nSPS) is 17.8. The van der Waals surface area contributed by atoms with Crippen LogP contribution in [0.5, 0.6) is 0 Å². The van der Waals surface area contributed by atoms with E-state index in [-0.39, 0.29) is 12.1 Å². The number of carbonyl (C=O) groups is 1. The highest BCUT2D eigenvalue weighted by atomic mass is 16.5. The van der Waals surface area contributed by atoms with E-state index in [1.165, 1.54) is 6.42 Å². The summed E-state index contributed by atoms with van der Waals surface area (Å²) in [7, 11) is 0. The number of para-hydroxylation sites is 1. The van der Waals surface area contributed by atoms with Crippen molar-refractivity contribution in [2.24, 2.45) is 5.73 Å². The highest BCUT2D eigenvalue weighted by molar-refractivity contribution is 5.84. The fraction of sp³-hybridized carbons (Fsp3) is 0.471. The van der Waals surface area contributed by atoms with Gasteiger partial charge >= 0.3 is 5.97 Å². The second-order valence-electron chi connectivity index (χ2n) is 5.87. The lowest BCUT2D eigenvalue weighted by molar-refractivity contribution is -0.152. The van der Waals surface area contributed by atoms with Crippen molar-refractivity contribution in [2.45, 2.75) is 50.7 Å². The number of H-pyrrole nitrogens is 1. The predicted molar refractivity (Wildman–Crippen MR) is 82.9 cm³/mol. The molecule has 0 aliphatic heterocycles. The summed E-state index contributed by atoms with van der Waals surface area (Å²) < 4.78 is 5.54. The zero-order chi connectivity index (χ0) is 14.7. The van der Waals surface area contributed by atoms with Crippen LogP contribution < -0.4 is 5.73 Å². The molecular formula is C17H22N2O2. The molecule has 1 aromatic heterocycles. The molecule has 4 heteroatoms. The summed E-state index contributed by atoms with van der Waals surface area (Å²) >= 11 is 0. The van der Waals surface area contributed by atoms with Crippen LogP contribution in [0.3, 0.4) is 0 Å². The zero-order valence-electron chi connectivity index (χ0n) is 12.2. The molecule has 3 N–H and O–H groups in total. The number of carbonyl (C=O) groups excluding carboxylic acids is 1. The summed E-state index contributed by atoms with van der Waals surface area (Å²) in [5.41, 5.74) is 8.17. The molecule has 3 rings (SSSR count). The molecule has 1 heterocycles. The number of rotatable bonds is 4. The smallest absolute Gasteiger partial charge is 0.323 e. The summed E-state index contributed by atoms with van der Waals surface area (Å²) in [6.45, 7) is 0. The van der Waals surface area contributed by atoms with Crippen LogP contribution in [0, 0.1) is 0 Å². The third-order valence-corrected chi connectivity index (χ3v) is 4.25. The fourth-order valence-corrected chi connectivity index (χ4v) is 3.06. The quantitative estimate of drug-likeness (QED) is 0.849. The molecule has 21 heavy (non-hydrogen) atoms. The third-order valence-electron chi connectivity index (χ3n) is 4.25. The molecule has 0 radical (unpaired) electrons. The molecule has 1 saturated carbocycles. The number of ether oxygens (including phenoxy) is 1. The van der Waals surface area contributed by atoms with E-state index >= 15 is 0 Å². The van der Waals surface area contributed by atoms with Crippen molar-refractivity contribution < 1.29 is 9.53 Å². The molecule has 0 unspecified atom stereocenters. The predicted octanol–water partition coefficient (Wildman–Crippen LogP) is 2.91. The Balaban J connectivity index is 1.62. The first-order valence-corrected chi connectivity index (χ1v) is 7.75. The Morgan fingerprint density at radius 1 is 1.29 bits per heavy atom. The van der Waals surface area contributed by atoms with Gasteiger partial charge in [0.1, 0.15) is 12.1 Å². The standard InChI is InChI=1S/C17H22N2O2/c18-15(17(20)21-13-6-2-1-3-7-13)10-12-11-19-16-9-5-4-8-14(12)16/h4-5,8-9,11,13,15,19H,1-3,6-7,10,18H2/t15-/m0/s1. The second kappa shape index (κ2) is 6.31. The molecule has 0 bridgehead atoms. The third kappa shape index (κ3) is 3.27. The van der Waals surface area contributed by atoms with Gasteiger partial charge in [-0.2, -0.15) is 0 Å². The summed E-state index contributed by atoms with van der Waals surface area (Å²) in [6, 6.07) is 7.45. The van der Waals surface area contributed by atoms with Gasteiger partial charge in [-0.15, -0.1) is 0 Å². The van der Waals surface area contributed by atoms with Gasteiger partial charge in [0.15, 0.2) is 0 Å². The van der Waals surface area contributed by atoms with Gasteiger partial charge in [-0.1, -0.05) is 24.6 Å². The van der Waals surface area contributed by atoms with E-state index in [9.17, 15) is 4.79 Å². The molecule has 0 spiro atoms. The summed E-state index contributed by atoms with van der Waals surface area (Å²) in [5, 5.41) is 1.12. The van der Waals surface area contributed by atoms with E-state index in [0.717, 1.165) is 42.1 Å². The van der Waals surface area contributed by atoms with Crippen LogP contribution in [0.15, 0.2) is 30.5 Å². The molecule has 1 atom stereocenters. The first-order valence-electron chi connectivity index (χ1n) is 7.75. The van der Waals surface area contributed by atoms with E-state index < -0.39 is 6.04 Å². The van der Waals surface area contributed by atoms with Gasteiger partial charge in [0.25, 0.3) is 0 Å². The number of hydrogen-bond donors (Lipinski definition) is 2. The monoisotopic (exact) mass is 286 g/mol. The number of nitrogens with two attached hydrogens (primary N) is 1. The van der Waals surface area contributed by atoms with Crippen LogP contribution >= 0.6 is 0 Å². The topological polar surface area (TPSA) is 68.1 Å². The number of benzene rings is 1. The largest absolute Gasteiger partial charge is 0.461 e. The van der Waals surface area contributed by atoms with Crippen LogP contribution in [0.25, 0.3) is 10.9 Å². The molecule has 1 fully saturated rings. The molecule has 2 aromatic rings. The minimum Gasteiger partial charge on any atom is -0.461 e. The van der Waals surface area contributed by atoms with Crippen molar-refractivity contribution in [3.05, 3.63) is 36.0 Å². The highest BCUT2D eigenvalue weighted by Crippen LogP contribution is 2.22. The SMILES string of the molecule is N[C@@H](Cc1c[nH]c2ccccc12)C(=O)OC1CCCCC1. The van der Waals surface area contributed by atoms with Crippen LogP contribution in [0.1, 0.15) is 37.7 Å². The fourth-order valence-electron chi connectivity index (χ4n) is 3.06. The zero-order valence-corrected chi connectivity index (χ0v) is 12.2. The van der Waals surface area contributed by atoms with Gasteiger partial charge < -0.3 is 15.5 Å². The summed E-state index contributed by atoms with van der Waals surface area (Å²) in [6.07, 6.45) is 8.01. The average Bonchev–Trinajstić information content (AvgIpc) is 2.91. The van der Waals surface area contributed by atoms with Crippen molar-refractivity contribution in [1.29, 1.82) is 0 Å². The molecule has 1 aliphatic carbocycles. The van der Waals surface area contributed by atoms with Gasteiger partial charge in [-0.05, 0) is 37.3 Å². The Morgan fingerprint density at radius 3 is 2.86 bits per heavy atom. The Hall–Kier alpha value is -1.81. The van der Waals surface area contributed by atoms with Crippen molar-refractivity contribution >= 4 is 16.9 Å². The first-order chi connectivity index (χ1) is 10.2. The van der Waals surface area contributed by atoms with Crippen LogP contribution in [-0.4, -0.2) is 23.1 Å². The summed E-state index contributed by atoms with van der Waals surface area (Å²) in [4.78, 5) is 15.3. The highest BCUT2D eigenvalue weighted by Gasteiger charge is 2.23. The van der Waals surface area contributed by atoms with E-state index in [1.54, 1.807) is 0 Å². The molecule has 1 aliphatic rings. The van der Waals surface area contributed by atoms with Gasteiger partial charge in [-0.3, -0.25) is 4.79 Å². The lowest BCUT2D eigenvalue weighted by Crippen LogP contribution is -2.37. The van der Waals surface area contributed by atoms with Gasteiger partial charge in [0.2, 0.25) is 0 Å². The minimum atomic E-state index is -0.592. The van der Waals surface area contributed by atoms with Gasteiger partial charge in [0.05, 0.1) is 0 Å². The lowest BCUT2D eigenvalue weighted by atomic mass is 9.97. The Morgan fingerprint density at radius 2 is 2.05 bits per heavy atom. The molecule has 1 aromatic carbocycles. The molecule has 0 saturated heterocycles. The molecular weight excluding hydrogens is 264 g/mol. The molecule has 112 valence electrons. The van der Waals surface area contributed by atoms with E-state index in [1.807, 2.05) is 30.5 Å². The number of hydrogen-bond acceptors (Lipinski definition) is 3. The number of esters is 1. The summed E-state index contributed by atoms with van der Waals surface area (Å²) in [5.74, 6) is -0.271. The molecule has 4 nitrogen and oxygen atoms in total. The van der Waals surface area contributed by atoms with Gasteiger partial charge in [0, 0.05) is 23.5 Å². The van der Waals surface area contributed by atoms with Crippen LogP contribution in [-0.2, 0) is 16.0 Å². The lowest BCUT2D eigenvalue weighted by Gasteiger charge is -2.23. The van der Waals surface area contributed by atoms with Crippen molar-refractivity contribution in [1.82, 2.24) is 4.98 Å².